The Morgan fingerprint density at radius 3 is 1.47 bits per heavy atom. The van der Waals surface area contributed by atoms with Crippen molar-refractivity contribution in [1.29, 1.82) is 0 Å². The summed E-state index contributed by atoms with van der Waals surface area (Å²) in [6.45, 7) is 0. The van der Waals surface area contributed by atoms with Crippen LogP contribution >= 0.6 is 0 Å². The van der Waals surface area contributed by atoms with E-state index in [9.17, 15) is 0 Å². The van der Waals surface area contributed by atoms with E-state index < -0.39 is 0 Å². The lowest BCUT2D eigenvalue weighted by molar-refractivity contribution is 0.671. The van der Waals surface area contributed by atoms with Gasteiger partial charge in [-0.3, -0.25) is 0 Å². The Morgan fingerprint density at radius 1 is 0.314 bits per heavy atom. The van der Waals surface area contributed by atoms with Gasteiger partial charge in [-0.2, -0.15) is 0 Å². The van der Waals surface area contributed by atoms with Gasteiger partial charge in [0.15, 0.2) is 23.1 Å². The maximum atomic E-state index is 6.26. The summed E-state index contributed by atoms with van der Waals surface area (Å²) < 4.78 is 6.26. The number of rotatable bonds is 5. The van der Waals surface area contributed by atoms with Crippen molar-refractivity contribution in [2.24, 2.45) is 0 Å². The van der Waals surface area contributed by atoms with Crippen molar-refractivity contribution < 1.29 is 4.42 Å². The first-order valence-electron chi connectivity index (χ1n) is 16.8. The van der Waals surface area contributed by atoms with Crippen LogP contribution in [0.5, 0.6) is 0 Å². The molecule has 0 atom stereocenters. The minimum Gasteiger partial charge on any atom is -0.454 e. The number of aromatic nitrogens is 5. The second-order valence-corrected chi connectivity index (χ2v) is 12.5. The van der Waals surface area contributed by atoms with Crippen molar-refractivity contribution in [3.63, 3.8) is 0 Å². The number of para-hydroxylation sites is 1. The van der Waals surface area contributed by atoms with Crippen molar-refractivity contribution >= 4 is 44.0 Å². The van der Waals surface area contributed by atoms with Crippen LogP contribution in [0.15, 0.2) is 168 Å². The maximum absolute atomic E-state index is 6.26. The van der Waals surface area contributed by atoms with Crippen molar-refractivity contribution in [3.05, 3.63) is 164 Å². The second-order valence-electron chi connectivity index (χ2n) is 12.5. The van der Waals surface area contributed by atoms with E-state index in [1.165, 1.54) is 5.56 Å². The van der Waals surface area contributed by atoms with Gasteiger partial charge < -0.3 is 4.42 Å². The highest BCUT2D eigenvalue weighted by Crippen LogP contribution is 2.34. The number of furan rings is 1. The van der Waals surface area contributed by atoms with Crippen LogP contribution < -0.4 is 0 Å². The standard InChI is InChI=1S/C45H27N5O/c1-3-9-28(10-4-1)29-15-19-32(20-16-29)44-48-43(31-11-5-2-6-12-31)49-45(50-44)33-21-17-30(18-22-33)34-23-25-37-39(27-34)47-41-38(46-37)26-24-36-35-13-7-8-14-40(35)51-42(36)41/h1-27H. The maximum Gasteiger partial charge on any atom is 0.164 e. The van der Waals surface area contributed by atoms with Gasteiger partial charge in [0.2, 0.25) is 0 Å². The van der Waals surface area contributed by atoms with Gasteiger partial charge in [0.25, 0.3) is 0 Å². The monoisotopic (exact) mass is 653 g/mol. The summed E-state index contributed by atoms with van der Waals surface area (Å²) in [7, 11) is 0. The molecule has 6 heteroatoms. The topological polar surface area (TPSA) is 77.6 Å². The highest BCUT2D eigenvalue weighted by atomic mass is 16.3. The van der Waals surface area contributed by atoms with Gasteiger partial charge in [-0.1, -0.05) is 133 Å². The molecule has 0 aliphatic carbocycles. The van der Waals surface area contributed by atoms with E-state index >= 15 is 0 Å². The van der Waals surface area contributed by atoms with E-state index in [-0.39, 0.29) is 0 Å². The van der Waals surface area contributed by atoms with Crippen LogP contribution in [0.3, 0.4) is 0 Å². The Labute approximate surface area is 292 Å². The molecule has 0 aliphatic rings. The average molecular weight is 654 g/mol. The minimum absolute atomic E-state index is 0.614. The molecule has 3 aromatic heterocycles. The number of fused-ring (bicyclic) bond motifs is 6. The quantitative estimate of drug-likeness (QED) is 0.172. The lowest BCUT2D eigenvalue weighted by Gasteiger charge is -2.10. The van der Waals surface area contributed by atoms with E-state index in [2.05, 4.69) is 84.9 Å². The third-order valence-corrected chi connectivity index (χ3v) is 9.34. The van der Waals surface area contributed by atoms with Crippen LogP contribution in [0, 0.1) is 0 Å². The zero-order chi connectivity index (χ0) is 33.7. The summed E-state index contributed by atoms with van der Waals surface area (Å²) in [6, 6.07) is 55.5. The molecular weight excluding hydrogens is 627 g/mol. The summed E-state index contributed by atoms with van der Waals surface area (Å²) >= 11 is 0. The molecule has 0 bridgehead atoms. The smallest absolute Gasteiger partial charge is 0.164 e. The third-order valence-electron chi connectivity index (χ3n) is 9.34. The van der Waals surface area contributed by atoms with Crippen LogP contribution in [0.2, 0.25) is 0 Å². The van der Waals surface area contributed by atoms with Crippen molar-refractivity contribution in [1.82, 2.24) is 24.9 Å². The summed E-state index contributed by atoms with van der Waals surface area (Å²) in [5.41, 5.74) is 12.0. The van der Waals surface area contributed by atoms with Gasteiger partial charge in [0.05, 0.1) is 16.6 Å². The van der Waals surface area contributed by atoms with Gasteiger partial charge >= 0.3 is 0 Å². The fraction of sp³-hybridized carbons (Fsp3) is 0. The van der Waals surface area contributed by atoms with Crippen LogP contribution in [-0.2, 0) is 0 Å². The largest absolute Gasteiger partial charge is 0.454 e. The van der Waals surface area contributed by atoms with E-state index in [1.54, 1.807) is 0 Å². The molecule has 0 saturated heterocycles. The Hall–Kier alpha value is -7.05. The predicted molar refractivity (Wildman–Crippen MR) is 205 cm³/mol. The van der Waals surface area contributed by atoms with Crippen LogP contribution in [0.1, 0.15) is 0 Å². The van der Waals surface area contributed by atoms with Crippen LogP contribution in [0.4, 0.5) is 0 Å². The molecule has 0 N–H and O–H groups in total. The van der Waals surface area contributed by atoms with Gasteiger partial charge in [0, 0.05) is 27.5 Å². The van der Waals surface area contributed by atoms with Gasteiger partial charge in [-0.25, -0.2) is 24.9 Å². The number of benzene rings is 7. The Bertz CT molecular complexity index is 2890. The first-order valence-corrected chi connectivity index (χ1v) is 16.8. The summed E-state index contributed by atoms with van der Waals surface area (Å²) in [5, 5.41) is 2.12. The highest BCUT2D eigenvalue weighted by molar-refractivity contribution is 6.14. The van der Waals surface area contributed by atoms with Gasteiger partial charge in [-0.15, -0.1) is 0 Å². The Morgan fingerprint density at radius 2 is 0.804 bits per heavy atom. The molecule has 0 unspecified atom stereocenters. The number of nitrogens with zero attached hydrogens (tertiary/aromatic N) is 5. The second kappa shape index (κ2) is 11.8. The Kier molecular flexibility index (Phi) is 6.70. The number of hydrogen-bond acceptors (Lipinski definition) is 6. The average Bonchev–Trinajstić information content (AvgIpc) is 3.60. The molecule has 238 valence electrons. The molecule has 51 heavy (non-hydrogen) atoms. The molecule has 0 saturated carbocycles. The molecule has 0 amide bonds. The lowest BCUT2D eigenvalue weighted by atomic mass is 10.0. The predicted octanol–water partition coefficient (Wildman–Crippen LogP) is 11.2. The van der Waals surface area contributed by atoms with Crippen molar-refractivity contribution in [2.75, 3.05) is 0 Å². The van der Waals surface area contributed by atoms with Gasteiger partial charge in [-0.05, 0) is 52.6 Å². The van der Waals surface area contributed by atoms with E-state index in [4.69, 9.17) is 29.3 Å². The minimum atomic E-state index is 0.614. The van der Waals surface area contributed by atoms with Gasteiger partial charge in [0.1, 0.15) is 11.1 Å². The molecule has 0 radical (unpaired) electrons. The number of hydrogen-bond donors (Lipinski definition) is 0. The summed E-state index contributed by atoms with van der Waals surface area (Å²) in [4.78, 5) is 24.8. The zero-order valence-corrected chi connectivity index (χ0v) is 27.2. The molecule has 3 heterocycles. The summed E-state index contributed by atoms with van der Waals surface area (Å²) in [5.74, 6) is 1.87. The van der Waals surface area contributed by atoms with E-state index in [0.29, 0.717) is 17.5 Å². The SMILES string of the molecule is c1ccc(-c2ccc(-c3nc(-c4ccccc4)nc(-c4ccc(-c5ccc6nc7ccc8c9ccccc9oc8c7nc6c5)cc4)n3)cc2)cc1. The molecule has 7 aromatic carbocycles. The molecule has 0 aliphatic heterocycles. The first-order chi connectivity index (χ1) is 25.2. The van der Waals surface area contributed by atoms with Crippen molar-refractivity contribution in [3.8, 4) is 56.4 Å². The third kappa shape index (κ3) is 5.18. The van der Waals surface area contributed by atoms with Crippen LogP contribution in [0.25, 0.3) is 100 Å². The first kappa shape index (κ1) is 28.9. The summed E-state index contributed by atoms with van der Waals surface area (Å²) in [6.07, 6.45) is 0. The fourth-order valence-electron chi connectivity index (χ4n) is 6.70. The normalized spacial score (nSPS) is 11.5. The van der Waals surface area contributed by atoms with E-state index in [0.717, 1.165) is 77.4 Å². The highest BCUT2D eigenvalue weighted by Gasteiger charge is 2.15. The molecule has 0 spiro atoms. The fourth-order valence-corrected chi connectivity index (χ4v) is 6.70. The molecule has 0 fully saturated rings. The van der Waals surface area contributed by atoms with Crippen LogP contribution in [-0.4, -0.2) is 24.9 Å². The van der Waals surface area contributed by atoms with Crippen molar-refractivity contribution in [2.45, 2.75) is 0 Å². The van der Waals surface area contributed by atoms with E-state index in [1.807, 2.05) is 78.9 Å². The molecule has 10 rings (SSSR count). The zero-order valence-electron chi connectivity index (χ0n) is 27.2. The molecule has 6 nitrogen and oxygen atoms in total. The Balaban J connectivity index is 1.02. The molecule has 10 aromatic rings. The lowest BCUT2D eigenvalue weighted by Crippen LogP contribution is -2.00. The molecular formula is C45H27N5O.